The Bertz CT molecular complexity index is 249. The second kappa shape index (κ2) is 3.75. The highest BCUT2D eigenvalue weighted by Crippen LogP contribution is 2.35. The molecule has 1 fully saturated rings. The molecule has 0 unspecified atom stereocenters. The summed E-state index contributed by atoms with van der Waals surface area (Å²) in [5.74, 6) is 2.66. The topological polar surface area (TPSA) is 0 Å². The number of thioether (sulfide) groups is 2. The van der Waals surface area contributed by atoms with E-state index in [1.165, 1.54) is 22.0 Å². The molecule has 0 aliphatic carbocycles. The first-order valence-electron chi connectivity index (χ1n) is 4.16. The summed E-state index contributed by atoms with van der Waals surface area (Å²) in [7, 11) is 0. The van der Waals surface area contributed by atoms with Crippen molar-refractivity contribution < 1.29 is 0 Å². The van der Waals surface area contributed by atoms with Crippen LogP contribution in [0.3, 0.4) is 0 Å². The number of benzene rings is 1. The molecule has 12 heavy (non-hydrogen) atoms. The zero-order chi connectivity index (χ0) is 8.39. The second-order valence-electron chi connectivity index (χ2n) is 3.08. The average Bonchev–Trinajstić information content (AvgIpc) is 2.87. The van der Waals surface area contributed by atoms with Crippen molar-refractivity contribution in [3.63, 3.8) is 0 Å². The predicted molar refractivity (Wildman–Crippen MR) is 58.1 cm³/mol. The first-order valence-corrected chi connectivity index (χ1v) is 6.19. The van der Waals surface area contributed by atoms with Gasteiger partial charge in [-0.25, -0.2) is 0 Å². The summed E-state index contributed by atoms with van der Waals surface area (Å²) in [6.07, 6.45) is 0. The van der Waals surface area contributed by atoms with Gasteiger partial charge in [-0.05, 0) is 19.1 Å². The van der Waals surface area contributed by atoms with E-state index in [4.69, 9.17) is 0 Å². The molecule has 1 heterocycles. The summed E-state index contributed by atoms with van der Waals surface area (Å²) < 4.78 is 0. The van der Waals surface area contributed by atoms with Crippen molar-refractivity contribution in [3.8, 4) is 0 Å². The van der Waals surface area contributed by atoms with Crippen molar-refractivity contribution in [1.29, 1.82) is 0 Å². The number of aryl methyl sites for hydroxylation is 1. The fraction of sp³-hybridized carbons (Fsp3) is 0.400. The van der Waals surface area contributed by atoms with Crippen LogP contribution in [0, 0.1) is 6.92 Å². The van der Waals surface area contributed by atoms with E-state index in [9.17, 15) is 0 Å². The van der Waals surface area contributed by atoms with Crippen molar-refractivity contribution in [2.45, 2.75) is 17.1 Å². The molecule has 0 aromatic heterocycles. The zero-order valence-corrected chi connectivity index (χ0v) is 8.75. The highest BCUT2D eigenvalue weighted by molar-refractivity contribution is 8.08. The van der Waals surface area contributed by atoms with E-state index < -0.39 is 0 Å². The lowest BCUT2D eigenvalue weighted by molar-refractivity contribution is 1.26. The van der Waals surface area contributed by atoms with Gasteiger partial charge < -0.3 is 0 Å². The van der Waals surface area contributed by atoms with E-state index in [0.717, 1.165) is 5.25 Å². The molecule has 0 spiro atoms. The lowest BCUT2D eigenvalue weighted by Crippen LogP contribution is -1.86. The molecule has 0 radical (unpaired) electrons. The Morgan fingerprint density at radius 1 is 1.42 bits per heavy atom. The number of rotatable bonds is 3. The summed E-state index contributed by atoms with van der Waals surface area (Å²) in [6.45, 7) is 2.13. The van der Waals surface area contributed by atoms with Crippen LogP contribution in [-0.4, -0.2) is 16.8 Å². The molecule has 1 saturated heterocycles. The van der Waals surface area contributed by atoms with Gasteiger partial charge in [-0.3, -0.25) is 0 Å². The van der Waals surface area contributed by atoms with Gasteiger partial charge >= 0.3 is 0 Å². The van der Waals surface area contributed by atoms with Gasteiger partial charge in [0.15, 0.2) is 0 Å². The van der Waals surface area contributed by atoms with Crippen LogP contribution in [0.15, 0.2) is 29.2 Å². The van der Waals surface area contributed by atoms with Gasteiger partial charge in [0.1, 0.15) is 0 Å². The van der Waals surface area contributed by atoms with Crippen LogP contribution >= 0.6 is 23.5 Å². The van der Waals surface area contributed by atoms with E-state index in [1.807, 2.05) is 11.8 Å². The second-order valence-corrected chi connectivity index (χ2v) is 5.51. The standard InChI is InChI=1S/C10H12S2/c1-8-2-4-9(5-3-8)11-6-10-7-12-10/h2-5,10H,6-7H2,1H3/t10-/m0/s1. The van der Waals surface area contributed by atoms with Crippen LogP contribution < -0.4 is 0 Å². The first kappa shape index (κ1) is 8.52. The minimum atomic E-state index is 0.941. The third-order valence-electron chi connectivity index (χ3n) is 1.86. The van der Waals surface area contributed by atoms with Gasteiger partial charge in [0, 0.05) is 21.7 Å². The summed E-state index contributed by atoms with van der Waals surface area (Å²) >= 11 is 4.05. The molecular weight excluding hydrogens is 184 g/mol. The SMILES string of the molecule is Cc1ccc(SC[C@H]2CS2)cc1. The van der Waals surface area contributed by atoms with E-state index in [2.05, 4.69) is 43.0 Å². The molecule has 2 heteroatoms. The van der Waals surface area contributed by atoms with Crippen molar-refractivity contribution in [3.05, 3.63) is 29.8 Å². The minimum Gasteiger partial charge on any atom is -0.156 e. The van der Waals surface area contributed by atoms with Crippen LogP contribution in [0.2, 0.25) is 0 Å². The third kappa shape index (κ3) is 2.46. The van der Waals surface area contributed by atoms with Crippen molar-refractivity contribution in [1.82, 2.24) is 0 Å². The van der Waals surface area contributed by atoms with Crippen LogP contribution in [0.25, 0.3) is 0 Å². The Morgan fingerprint density at radius 2 is 2.08 bits per heavy atom. The maximum Gasteiger partial charge on any atom is 0.0232 e. The number of hydrogen-bond donors (Lipinski definition) is 0. The summed E-state index contributed by atoms with van der Waals surface area (Å²) in [4.78, 5) is 1.41. The van der Waals surface area contributed by atoms with E-state index in [-0.39, 0.29) is 0 Å². The van der Waals surface area contributed by atoms with Crippen molar-refractivity contribution in [2.24, 2.45) is 0 Å². The molecule has 0 nitrogen and oxygen atoms in total. The monoisotopic (exact) mass is 196 g/mol. The molecule has 1 atom stereocenters. The average molecular weight is 196 g/mol. The molecule has 1 aliphatic rings. The highest BCUT2D eigenvalue weighted by atomic mass is 32.2. The third-order valence-corrected chi connectivity index (χ3v) is 4.22. The maximum atomic E-state index is 2.22. The summed E-state index contributed by atoms with van der Waals surface area (Å²) in [6, 6.07) is 8.80. The van der Waals surface area contributed by atoms with Crippen LogP contribution in [-0.2, 0) is 0 Å². The largest absolute Gasteiger partial charge is 0.156 e. The van der Waals surface area contributed by atoms with Crippen LogP contribution in [0.5, 0.6) is 0 Å². The lowest BCUT2D eigenvalue weighted by Gasteiger charge is -1.99. The highest BCUT2D eigenvalue weighted by Gasteiger charge is 2.21. The molecule has 0 N–H and O–H groups in total. The lowest BCUT2D eigenvalue weighted by atomic mass is 10.2. The molecule has 1 aromatic rings. The fourth-order valence-electron chi connectivity index (χ4n) is 0.988. The summed E-state index contributed by atoms with van der Waals surface area (Å²) in [5, 5.41) is 0.941. The predicted octanol–water partition coefficient (Wildman–Crippen LogP) is 3.20. The Labute approximate surface area is 82.1 Å². The molecule has 1 aromatic carbocycles. The van der Waals surface area contributed by atoms with Crippen molar-refractivity contribution in [2.75, 3.05) is 11.5 Å². The quantitative estimate of drug-likeness (QED) is 0.538. The maximum absolute atomic E-state index is 2.22. The molecule has 0 amide bonds. The van der Waals surface area contributed by atoms with Gasteiger partial charge in [-0.2, -0.15) is 11.8 Å². The van der Waals surface area contributed by atoms with Gasteiger partial charge in [0.2, 0.25) is 0 Å². The van der Waals surface area contributed by atoms with Crippen LogP contribution in [0.4, 0.5) is 0 Å². The Morgan fingerprint density at radius 3 is 2.67 bits per heavy atom. The summed E-state index contributed by atoms with van der Waals surface area (Å²) in [5.41, 5.74) is 1.35. The van der Waals surface area contributed by atoms with E-state index >= 15 is 0 Å². The normalized spacial score (nSPS) is 20.9. The van der Waals surface area contributed by atoms with Gasteiger partial charge in [0.05, 0.1) is 0 Å². The Balaban J connectivity index is 1.89. The van der Waals surface area contributed by atoms with Crippen LogP contribution in [0.1, 0.15) is 5.56 Å². The van der Waals surface area contributed by atoms with E-state index in [1.54, 1.807) is 0 Å². The fourth-order valence-corrected chi connectivity index (χ4v) is 2.80. The van der Waals surface area contributed by atoms with Crippen molar-refractivity contribution >= 4 is 23.5 Å². The molecule has 0 saturated carbocycles. The van der Waals surface area contributed by atoms with E-state index in [0.29, 0.717) is 0 Å². The molecular formula is C10H12S2. The molecule has 64 valence electrons. The van der Waals surface area contributed by atoms with Gasteiger partial charge in [-0.1, -0.05) is 17.7 Å². The van der Waals surface area contributed by atoms with Gasteiger partial charge in [-0.15, -0.1) is 11.8 Å². The zero-order valence-electron chi connectivity index (χ0n) is 7.12. The number of hydrogen-bond acceptors (Lipinski definition) is 2. The Hall–Kier alpha value is -0.0800. The smallest absolute Gasteiger partial charge is 0.0232 e. The first-order chi connectivity index (χ1) is 5.84. The van der Waals surface area contributed by atoms with Gasteiger partial charge in [0.25, 0.3) is 0 Å². The molecule has 2 rings (SSSR count). The molecule has 0 bridgehead atoms. The minimum absolute atomic E-state index is 0.941. The Kier molecular flexibility index (Phi) is 2.66. The molecule has 1 aliphatic heterocycles.